The van der Waals surface area contributed by atoms with Gasteiger partial charge in [-0.05, 0) is 29.8 Å². The molecule has 1 N–H and O–H groups in total. The second-order valence-electron chi connectivity index (χ2n) is 7.08. The number of aromatic nitrogens is 1. The van der Waals surface area contributed by atoms with Crippen molar-refractivity contribution in [2.24, 2.45) is 0 Å². The Hall–Kier alpha value is -4.24. The number of fused-ring (bicyclic) bond motifs is 2. The number of hydrogen-bond acceptors (Lipinski definition) is 5. The molecule has 1 aromatic heterocycles. The molecule has 0 unspecified atom stereocenters. The summed E-state index contributed by atoms with van der Waals surface area (Å²) in [6, 6.07) is 22.9. The third-order valence-electron chi connectivity index (χ3n) is 5.13. The molecule has 3 aromatic carbocycles. The first-order valence-corrected chi connectivity index (χ1v) is 9.76. The van der Waals surface area contributed by atoms with Crippen molar-refractivity contribution < 1.29 is 14.3 Å². The van der Waals surface area contributed by atoms with E-state index >= 15 is 0 Å². The first-order valence-electron chi connectivity index (χ1n) is 9.76. The highest BCUT2D eigenvalue weighted by Crippen LogP contribution is 2.26. The molecule has 0 spiro atoms. The molecule has 1 amide bonds. The Morgan fingerprint density at radius 3 is 2.10 bits per heavy atom. The van der Waals surface area contributed by atoms with Crippen LogP contribution in [0.4, 0.5) is 0 Å². The first-order chi connectivity index (χ1) is 15.1. The number of nitrogens with one attached hydrogen (secondary N) is 1. The van der Waals surface area contributed by atoms with E-state index in [4.69, 9.17) is 10.00 Å². The second kappa shape index (κ2) is 8.64. The van der Waals surface area contributed by atoms with Crippen LogP contribution < -0.4 is 5.32 Å². The van der Waals surface area contributed by atoms with Crippen LogP contribution in [-0.4, -0.2) is 30.0 Å². The number of ether oxygens (including phenoxy) is 1. The van der Waals surface area contributed by atoms with Crippen LogP contribution in [0, 0.1) is 11.3 Å². The molecule has 0 aliphatic carbocycles. The van der Waals surface area contributed by atoms with E-state index in [-0.39, 0.29) is 12.3 Å². The van der Waals surface area contributed by atoms with Crippen molar-refractivity contribution >= 4 is 33.7 Å². The van der Waals surface area contributed by atoms with E-state index in [9.17, 15) is 9.59 Å². The molecule has 4 rings (SSSR count). The molecule has 0 fully saturated rings. The number of nitriles is 1. The Bertz CT molecular complexity index is 1270. The van der Waals surface area contributed by atoms with E-state index in [0.717, 1.165) is 5.56 Å². The molecular formula is C25H19N3O3. The van der Waals surface area contributed by atoms with E-state index in [0.29, 0.717) is 32.9 Å². The number of amides is 1. The zero-order valence-electron chi connectivity index (χ0n) is 16.8. The number of methoxy groups -OCH3 is 1. The molecule has 0 aliphatic rings. The van der Waals surface area contributed by atoms with Gasteiger partial charge in [0.1, 0.15) is 6.04 Å². The molecule has 152 valence electrons. The van der Waals surface area contributed by atoms with Gasteiger partial charge in [-0.25, -0.2) is 9.78 Å². The topological polar surface area (TPSA) is 92.1 Å². The van der Waals surface area contributed by atoms with E-state index in [1.807, 2.05) is 48.5 Å². The minimum atomic E-state index is -0.879. The lowest BCUT2D eigenvalue weighted by Crippen LogP contribution is -2.43. The molecule has 0 saturated heterocycles. The van der Waals surface area contributed by atoms with Crippen LogP contribution in [0.25, 0.3) is 21.8 Å². The number of benzene rings is 3. The van der Waals surface area contributed by atoms with Crippen molar-refractivity contribution in [2.45, 2.75) is 12.5 Å². The molecular weight excluding hydrogens is 390 g/mol. The van der Waals surface area contributed by atoms with Gasteiger partial charge in [-0.3, -0.25) is 4.79 Å². The van der Waals surface area contributed by atoms with Gasteiger partial charge in [-0.1, -0.05) is 48.5 Å². The van der Waals surface area contributed by atoms with Gasteiger partial charge in [0, 0.05) is 17.2 Å². The Morgan fingerprint density at radius 2 is 1.55 bits per heavy atom. The van der Waals surface area contributed by atoms with E-state index in [2.05, 4.69) is 16.4 Å². The number of hydrogen-bond donors (Lipinski definition) is 1. The highest BCUT2D eigenvalue weighted by Gasteiger charge is 2.25. The second-order valence-corrected chi connectivity index (χ2v) is 7.08. The summed E-state index contributed by atoms with van der Waals surface area (Å²) in [5.41, 5.74) is 3.20. The van der Waals surface area contributed by atoms with E-state index < -0.39 is 12.0 Å². The summed E-state index contributed by atoms with van der Waals surface area (Å²) in [6.07, 6.45) is 0.241. The van der Waals surface area contributed by atoms with Gasteiger partial charge in [0.2, 0.25) is 0 Å². The fourth-order valence-electron chi connectivity index (χ4n) is 3.60. The molecule has 6 heteroatoms. The minimum absolute atomic E-state index is 0.241. The fourth-order valence-corrected chi connectivity index (χ4v) is 3.60. The van der Waals surface area contributed by atoms with E-state index in [1.165, 1.54) is 7.11 Å². The van der Waals surface area contributed by atoms with Crippen molar-refractivity contribution in [2.75, 3.05) is 7.11 Å². The molecule has 1 heterocycles. The van der Waals surface area contributed by atoms with Gasteiger partial charge in [0.25, 0.3) is 5.91 Å². The zero-order chi connectivity index (χ0) is 21.8. The average molecular weight is 409 g/mol. The molecule has 4 aromatic rings. The van der Waals surface area contributed by atoms with Gasteiger partial charge < -0.3 is 10.1 Å². The minimum Gasteiger partial charge on any atom is -0.467 e. The summed E-state index contributed by atoms with van der Waals surface area (Å²) < 4.78 is 4.92. The number of rotatable bonds is 5. The van der Waals surface area contributed by atoms with Gasteiger partial charge in [0.15, 0.2) is 0 Å². The number of pyridine rings is 1. The van der Waals surface area contributed by atoms with E-state index in [1.54, 1.807) is 24.3 Å². The summed E-state index contributed by atoms with van der Waals surface area (Å²) >= 11 is 0. The summed E-state index contributed by atoms with van der Waals surface area (Å²) in [5.74, 6) is -0.917. The van der Waals surface area contributed by atoms with Crippen molar-refractivity contribution in [3.05, 3.63) is 89.5 Å². The Morgan fingerprint density at radius 1 is 0.968 bits per heavy atom. The highest BCUT2D eigenvalue weighted by atomic mass is 16.5. The summed E-state index contributed by atoms with van der Waals surface area (Å²) in [6.45, 7) is 0. The molecule has 31 heavy (non-hydrogen) atoms. The van der Waals surface area contributed by atoms with Gasteiger partial charge in [-0.2, -0.15) is 5.26 Å². The van der Waals surface area contributed by atoms with Crippen LogP contribution in [0.2, 0.25) is 0 Å². The first kappa shape index (κ1) is 20.0. The van der Waals surface area contributed by atoms with Crippen molar-refractivity contribution in [1.29, 1.82) is 5.26 Å². The average Bonchev–Trinajstić information content (AvgIpc) is 2.81. The Labute approximate surface area is 179 Å². The lowest BCUT2D eigenvalue weighted by Gasteiger charge is -2.18. The van der Waals surface area contributed by atoms with Crippen molar-refractivity contribution in [3.63, 3.8) is 0 Å². The molecule has 1 atom stereocenters. The van der Waals surface area contributed by atoms with Gasteiger partial charge in [0.05, 0.1) is 35.3 Å². The maximum absolute atomic E-state index is 13.4. The lowest BCUT2D eigenvalue weighted by atomic mass is 10.0. The van der Waals surface area contributed by atoms with Gasteiger partial charge in [-0.15, -0.1) is 0 Å². The molecule has 0 bridgehead atoms. The van der Waals surface area contributed by atoms with Crippen molar-refractivity contribution in [3.8, 4) is 6.07 Å². The quantitative estimate of drug-likeness (QED) is 0.400. The van der Waals surface area contributed by atoms with Crippen LogP contribution in [0.5, 0.6) is 0 Å². The summed E-state index contributed by atoms with van der Waals surface area (Å²) in [7, 11) is 1.29. The maximum atomic E-state index is 13.4. The zero-order valence-corrected chi connectivity index (χ0v) is 16.8. The predicted octanol–water partition coefficient (Wildman–Crippen LogP) is 3.77. The van der Waals surface area contributed by atoms with Crippen LogP contribution >= 0.6 is 0 Å². The van der Waals surface area contributed by atoms with Gasteiger partial charge >= 0.3 is 5.97 Å². The normalized spacial score (nSPS) is 11.6. The maximum Gasteiger partial charge on any atom is 0.328 e. The van der Waals surface area contributed by atoms with Crippen LogP contribution in [0.1, 0.15) is 21.5 Å². The highest BCUT2D eigenvalue weighted by molar-refractivity contribution is 6.16. The number of nitrogens with zero attached hydrogens (tertiary/aromatic N) is 2. The van der Waals surface area contributed by atoms with Crippen molar-refractivity contribution in [1.82, 2.24) is 10.3 Å². The monoisotopic (exact) mass is 409 g/mol. The number of esters is 1. The van der Waals surface area contributed by atoms with Crippen LogP contribution in [0.3, 0.4) is 0 Å². The van der Waals surface area contributed by atoms with Crippen LogP contribution in [-0.2, 0) is 16.0 Å². The summed E-state index contributed by atoms with van der Waals surface area (Å²) in [5, 5.41) is 13.2. The van der Waals surface area contributed by atoms with Crippen LogP contribution in [0.15, 0.2) is 72.8 Å². The Balaban J connectivity index is 1.72. The number of carbonyl (C=O) groups excluding carboxylic acids is 2. The molecule has 0 aliphatic heterocycles. The SMILES string of the molecule is COC(=O)[C@H](Cc1ccc(C#N)cc1)NC(=O)c1c2ccccc2nc2ccccc12. The number of carbonyl (C=O) groups is 2. The third kappa shape index (κ3) is 4.07. The molecule has 0 saturated carbocycles. The third-order valence-corrected chi connectivity index (χ3v) is 5.13. The number of para-hydroxylation sites is 2. The molecule has 6 nitrogen and oxygen atoms in total. The predicted molar refractivity (Wildman–Crippen MR) is 117 cm³/mol. The fraction of sp³-hybridized carbons (Fsp3) is 0.120. The Kier molecular flexibility index (Phi) is 5.59. The molecule has 0 radical (unpaired) electrons. The summed E-state index contributed by atoms with van der Waals surface area (Å²) in [4.78, 5) is 30.5. The standard InChI is InChI=1S/C25H19N3O3/c1-31-25(30)22(14-16-10-12-17(15-26)13-11-16)28-24(29)23-18-6-2-4-8-20(18)27-21-9-5-3-7-19(21)23/h2-13,22H,14H2,1H3,(H,28,29)/t22-/m0/s1. The smallest absolute Gasteiger partial charge is 0.328 e. The largest absolute Gasteiger partial charge is 0.467 e. The lowest BCUT2D eigenvalue weighted by molar-refractivity contribution is -0.142.